The number of urea groups is 1. The largest absolute Gasteiger partial charge is 0.352 e. The molecule has 8 heteroatoms. The molecule has 0 bridgehead atoms. The highest BCUT2D eigenvalue weighted by Crippen LogP contribution is 2.10. The molecule has 2 heterocycles. The number of carbonyl (C=O) groups is 2. The minimum Gasteiger partial charge on any atom is -0.352 e. The van der Waals surface area contributed by atoms with Crippen molar-refractivity contribution in [1.29, 1.82) is 0 Å². The van der Waals surface area contributed by atoms with Crippen LogP contribution in [0.5, 0.6) is 0 Å². The summed E-state index contributed by atoms with van der Waals surface area (Å²) >= 11 is 0. The number of nitrogens with one attached hydrogen (secondary N) is 2. The van der Waals surface area contributed by atoms with Crippen molar-refractivity contribution in [1.82, 2.24) is 30.3 Å². The number of hydrogen-bond donors (Lipinski definition) is 2. The van der Waals surface area contributed by atoms with Gasteiger partial charge in [-0.25, -0.2) is 14.5 Å². The van der Waals surface area contributed by atoms with Gasteiger partial charge in [0.1, 0.15) is 0 Å². The van der Waals surface area contributed by atoms with Crippen LogP contribution in [0.25, 0.3) is 5.82 Å². The SMILES string of the molecule is Cc1cc(C)n(-c2ccc(CNC(=O)CCNC(=O)N(C)Cc3ccccc3)cn2)n1. The maximum absolute atomic E-state index is 12.2. The minimum atomic E-state index is -0.208. The van der Waals surface area contributed by atoms with Gasteiger partial charge in [-0.3, -0.25) is 4.79 Å². The van der Waals surface area contributed by atoms with E-state index < -0.39 is 0 Å². The number of aryl methyl sites for hydroxylation is 2. The highest BCUT2D eigenvalue weighted by molar-refractivity contribution is 5.78. The van der Waals surface area contributed by atoms with Crippen molar-refractivity contribution in [3.8, 4) is 5.82 Å². The van der Waals surface area contributed by atoms with Crippen LogP contribution in [0.4, 0.5) is 4.79 Å². The summed E-state index contributed by atoms with van der Waals surface area (Å²) in [5, 5.41) is 10.0. The fourth-order valence-corrected chi connectivity index (χ4v) is 3.14. The maximum Gasteiger partial charge on any atom is 0.317 e. The Morgan fingerprint density at radius 3 is 2.45 bits per heavy atom. The third kappa shape index (κ3) is 6.40. The van der Waals surface area contributed by atoms with Crippen LogP contribution in [0.15, 0.2) is 54.7 Å². The Balaban J connectivity index is 1.38. The van der Waals surface area contributed by atoms with Gasteiger partial charge in [-0.15, -0.1) is 0 Å². The minimum absolute atomic E-state index is 0.131. The lowest BCUT2D eigenvalue weighted by molar-refractivity contribution is -0.121. The van der Waals surface area contributed by atoms with E-state index in [2.05, 4.69) is 20.7 Å². The van der Waals surface area contributed by atoms with Gasteiger partial charge in [0, 0.05) is 45.0 Å². The van der Waals surface area contributed by atoms with Crippen molar-refractivity contribution in [3.63, 3.8) is 0 Å². The molecule has 0 aliphatic heterocycles. The monoisotopic (exact) mass is 420 g/mol. The highest BCUT2D eigenvalue weighted by Gasteiger charge is 2.10. The zero-order valence-electron chi connectivity index (χ0n) is 18.1. The molecule has 0 unspecified atom stereocenters. The molecule has 8 nitrogen and oxygen atoms in total. The molecule has 0 fully saturated rings. The van der Waals surface area contributed by atoms with Crippen LogP contribution < -0.4 is 10.6 Å². The quantitative estimate of drug-likeness (QED) is 0.586. The molecule has 0 spiro atoms. The number of carbonyl (C=O) groups excluding carboxylic acids is 2. The Labute approximate surface area is 182 Å². The number of aromatic nitrogens is 3. The fraction of sp³-hybridized carbons (Fsp3) is 0.304. The highest BCUT2D eigenvalue weighted by atomic mass is 16.2. The van der Waals surface area contributed by atoms with Crippen molar-refractivity contribution in [2.24, 2.45) is 0 Å². The number of hydrogen-bond acceptors (Lipinski definition) is 4. The second kappa shape index (κ2) is 10.4. The van der Waals surface area contributed by atoms with Gasteiger partial charge in [-0.1, -0.05) is 36.4 Å². The van der Waals surface area contributed by atoms with Gasteiger partial charge in [0.2, 0.25) is 5.91 Å². The van der Waals surface area contributed by atoms with Crippen molar-refractivity contribution < 1.29 is 9.59 Å². The molecule has 1 aromatic carbocycles. The van der Waals surface area contributed by atoms with E-state index in [1.165, 1.54) is 0 Å². The predicted molar refractivity (Wildman–Crippen MR) is 119 cm³/mol. The van der Waals surface area contributed by atoms with Gasteiger partial charge < -0.3 is 15.5 Å². The maximum atomic E-state index is 12.2. The molecule has 0 radical (unpaired) electrons. The third-order valence-electron chi connectivity index (χ3n) is 4.76. The van der Waals surface area contributed by atoms with E-state index in [1.54, 1.807) is 22.8 Å². The molecule has 3 amide bonds. The van der Waals surface area contributed by atoms with Crippen LogP contribution >= 0.6 is 0 Å². The lowest BCUT2D eigenvalue weighted by Crippen LogP contribution is -2.38. The van der Waals surface area contributed by atoms with E-state index in [0.717, 1.165) is 28.3 Å². The van der Waals surface area contributed by atoms with E-state index in [9.17, 15) is 9.59 Å². The zero-order chi connectivity index (χ0) is 22.2. The smallest absolute Gasteiger partial charge is 0.317 e. The first-order valence-corrected chi connectivity index (χ1v) is 10.2. The first kappa shape index (κ1) is 22.0. The molecule has 0 aliphatic rings. The second-order valence-electron chi connectivity index (χ2n) is 7.46. The van der Waals surface area contributed by atoms with Crippen molar-refractivity contribution >= 4 is 11.9 Å². The summed E-state index contributed by atoms with van der Waals surface area (Å²) in [6.45, 7) is 5.09. The molecule has 2 N–H and O–H groups in total. The lowest BCUT2D eigenvalue weighted by Gasteiger charge is -2.18. The summed E-state index contributed by atoms with van der Waals surface area (Å²) in [5.74, 6) is 0.608. The van der Waals surface area contributed by atoms with Crippen LogP contribution in [-0.2, 0) is 17.9 Å². The van der Waals surface area contributed by atoms with E-state index in [-0.39, 0.29) is 24.9 Å². The van der Waals surface area contributed by atoms with Gasteiger partial charge in [0.05, 0.1) is 5.69 Å². The average molecular weight is 421 g/mol. The van der Waals surface area contributed by atoms with E-state index in [4.69, 9.17) is 0 Å². The molecular formula is C23H28N6O2. The Kier molecular flexibility index (Phi) is 7.37. The molecule has 31 heavy (non-hydrogen) atoms. The lowest BCUT2D eigenvalue weighted by atomic mass is 10.2. The fourth-order valence-electron chi connectivity index (χ4n) is 3.14. The van der Waals surface area contributed by atoms with Crippen molar-refractivity contribution in [2.45, 2.75) is 33.4 Å². The van der Waals surface area contributed by atoms with Crippen molar-refractivity contribution in [2.75, 3.05) is 13.6 Å². The first-order chi connectivity index (χ1) is 14.9. The van der Waals surface area contributed by atoms with Crippen LogP contribution in [0.2, 0.25) is 0 Å². The molecule has 3 aromatic rings. The summed E-state index contributed by atoms with van der Waals surface area (Å²) in [5.41, 5.74) is 3.90. The number of amides is 3. The van der Waals surface area contributed by atoms with Gasteiger partial charge in [-0.2, -0.15) is 5.10 Å². The Morgan fingerprint density at radius 1 is 1.03 bits per heavy atom. The van der Waals surface area contributed by atoms with Gasteiger partial charge in [0.25, 0.3) is 0 Å². The third-order valence-corrected chi connectivity index (χ3v) is 4.76. The normalized spacial score (nSPS) is 10.5. The van der Waals surface area contributed by atoms with Gasteiger partial charge in [0.15, 0.2) is 5.82 Å². The second-order valence-corrected chi connectivity index (χ2v) is 7.46. The molecule has 0 atom stereocenters. The van der Waals surface area contributed by atoms with Gasteiger partial charge in [-0.05, 0) is 37.1 Å². The Hall–Kier alpha value is -3.68. The summed E-state index contributed by atoms with van der Waals surface area (Å²) in [6, 6.07) is 15.3. The zero-order valence-corrected chi connectivity index (χ0v) is 18.1. The summed E-state index contributed by atoms with van der Waals surface area (Å²) in [4.78, 5) is 30.2. The number of pyridine rings is 1. The summed E-state index contributed by atoms with van der Waals surface area (Å²) in [6.07, 6.45) is 1.94. The van der Waals surface area contributed by atoms with E-state index in [0.29, 0.717) is 13.1 Å². The number of benzene rings is 1. The van der Waals surface area contributed by atoms with Crippen LogP contribution in [-0.4, -0.2) is 45.2 Å². The summed E-state index contributed by atoms with van der Waals surface area (Å²) < 4.78 is 1.79. The molecule has 3 rings (SSSR count). The molecule has 162 valence electrons. The Morgan fingerprint density at radius 2 is 1.81 bits per heavy atom. The molecule has 0 saturated carbocycles. The summed E-state index contributed by atoms with van der Waals surface area (Å²) in [7, 11) is 1.73. The number of nitrogens with zero attached hydrogens (tertiary/aromatic N) is 4. The van der Waals surface area contributed by atoms with Crippen LogP contribution in [0.1, 0.15) is 28.9 Å². The molecule has 0 saturated heterocycles. The van der Waals surface area contributed by atoms with Gasteiger partial charge >= 0.3 is 6.03 Å². The molecular weight excluding hydrogens is 392 g/mol. The van der Waals surface area contributed by atoms with E-state index >= 15 is 0 Å². The van der Waals surface area contributed by atoms with E-state index in [1.807, 2.05) is 62.4 Å². The van der Waals surface area contributed by atoms with Crippen molar-refractivity contribution in [3.05, 3.63) is 77.2 Å². The average Bonchev–Trinajstić information content (AvgIpc) is 3.11. The predicted octanol–water partition coefficient (Wildman–Crippen LogP) is 2.73. The van der Waals surface area contributed by atoms with Crippen LogP contribution in [0, 0.1) is 13.8 Å². The molecule has 0 aliphatic carbocycles. The number of rotatable bonds is 8. The molecule has 2 aromatic heterocycles. The Bertz CT molecular complexity index is 1010. The standard InChI is InChI=1S/C23H28N6O2/c1-17-13-18(2)29(27-17)21-10-9-20(14-25-21)15-26-22(30)11-12-24-23(31)28(3)16-19-7-5-4-6-8-19/h4-10,13-14H,11-12,15-16H2,1-3H3,(H,24,31)(H,26,30). The topological polar surface area (TPSA) is 92.2 Å². The first-order valence-electron chi connectivity index (χ1n) is 10.2. The van der Waals surface area contributed by atoms with Crippen LogP contribution in [0.3, 0.4) is 0 Å².